The maximum Gasteiger partial charge on any atom is 0.130 e. The Kier molecular flexibility index (Phi) is 4.70. The van der Waals surface area contributed by atoms with Crippen molar-refractivity contribution < 1.29 is 0 Å². The normalized spacial score (nSPS) is 22.3. The van der Waals surface area contributed by atoms with Crippen LogP contribution in [-0.2, 0) is 13.5 Å². The number of hydrogen-bond acceptors (Lipinski definition) is 4. The third-order valence-corrected chi connectivity index (χ3v) is 4.56. The van der Waals surface area contributed by atoms with E-state index in [1.54, 1.807) is 0 Å². The lowest BCUT2D eigenvalue weighted by molar-refractivity contribution is 0.232. The number of likely N-dealkylation sites (N-methyl/N-ethyl adjacent to an activating group) is 1. The van der Waals surface area contributed by atoms with Crippen LogP contribution < -0.4 is 10.6 Å². The first-order valence-electron chi connectivity index (χ1n) is 7.67. The van der Waals surface area contributed by atoms with Gasteiger partial charge in [0.1, 0.15) is 5.82 Å². The molecule has 0 radical (unpaired) electrons. The highest BCUT2D eigenvalue weighted by Gasteiger charge is 2.26. The molecular weight excluding hydrogens is 250 g/mol. The Morgan fingerprint density at radius 2 is 2.05 bits per heavy atom. The van der Waals surface area contributed by atoms with Crippen LogP contribution in [0.1, 0.15) is 31.5 Å². The van der Waals surface area contributed by atoms with Gasteiger partial charge in [-0.25, -0.2) is 0 Å². The van der Waals surface area contributed by atoms with Gasteiger partial charge in [0.05, 0.1) is 5.69 Å². The average Bonchev–Trinajstić information content (AvgIpc) is 2.67. The first-order valence-corrected chi connectivity index (χ1v) is 7.67. The van der Waals surface area contributed by atoms with Crippen LogP contribution in [0.15, 0.2) is 0 Å². The van der Waals surface area contributed by atoms with Crippen LogP contribution in [0.4, 0.5) is 5.82 Å². The minimum atomic E-state index is 0.224. The summed E-state index contributed by atoms with van der Waals surface area (Å²) in [5, 5.41) is 4.62. The number of nitrogens with two attached hydrogens (primary N) is 1. The minimum Gasteiger partial charge on any atom is -0.354 e. The van der Waals surface area contributed by atoms with Gasteiger partial charge in [0.2, 0.25) is 0 Å². The van der Waals surface area contributed by atoms with Gasteiger partial charge in [-0.05, 0) is 33.7 Å². The van der Waals surface area contributed by atoms with Crippen LogP contribution in [0.3, 0.4) is 0 Å². The first kappa shape index (κ1) is 15.3. The largest absolute Gasteiger partial charge is 0.354 e. The molecule has 5 heteroatoms. The van der Waals surface area contributed by atoms with Crippen molar-refractivity contribution >= 4 is 5.82 Å². The lowest BCUT2D eigenvalue weighted by Gasteiger charge is -2.39. The molecule has 2 unspecified atom stereocenters. The van der Waals surface area contributed by atoms with Gasteiger partial charge in [-0.1, -0.05) is 6.92 Å². The van der Waals surface area contributed by atoms with Crippen LogP contribution in [0, 0.1) is 6.92 Å². The van der Waals surface area contributed by atoms with Gasteiger partial charge in [0, 0.05) is 44.3 Å². The smallest absolute Gasteiger partial charge is 0.130 e. The molecule has 1 fully saturated rings. The Morgan fingerprint density at radius 3 is 2.65 bits per heavy atom. The van der Waals surface area contributed by atoms with E-state index in [2.05, 4.69) is 42.7 Å². The van der Waals surface area contributed by atoms with Crippen molar-refractivity contribution in [2.75, 3.05) is 31.6 Å². The molecule has 1 aliphatic rings. The maximum atomic E-state index is 6.17. The zero-order chi connectivity index (χ0) is 14.9. The predicted octanol–water partition coefficient (Wildman–Crippen LogP) is 1.15. The van der Waals surface area contributed by atoms with E-state index in [1.165, 1.54) is 11.4 Å². The maximum absolute atomic E-state index is 6.17. The molecule has 2 N–H and O–H groups in total. The van der Waals surface area contributed by atoms with E-state index in [1.807, 2.05) is 11.7 Å². The molecule has 0 amide bonds. The van der Waals surface area contributed by atoms with Crippen molar-refractivity contribution in [3.8, 4) is 0 Å². The fraction of sp³-hybridized carbons (Fsp3) is 0.800. The second-order valence-electron chi connectivity index (χ2n) is 6.16. The molecule has 2 heterocycles. The number of nitrogens with zero attached hydrogens (tertiary/aromatic N) is 4. The summed E-state index contributed by atoms with van der Waals surface area (Å²) >= 11 is 0. The zero-order valence-electron chi connectivity index (χ0n) is 13.6. The number of hydrogen-bond donors (Lipinski definition) is 1. The average molecular weight is 279 g/mol. The Balaban J connectivity index is 2.26. The van der Waals surface area contributed by atoms with E-state index >= 15 is 0 Å². The quantitative estimate of drug-likeness (QED) is 0.898. The molecule has 0 bridgehead atoms. The van der Waals surface area contributed by atoms with Crippen molar-refractivity contribution in [2.24, 2.45) is 12.8 Å². The summed E-state index contributed by atoms with van der Waals surface area (Å²) in [6, 6.07) is 0.799. The van der Waals surface area contributed by atoms with Gasteiger partial charge in [-0.2, -0.15) is 5.10 Å². The van der Waals surface area contributed by atoms with Crippen molar-refractivity contribution in [1.29, 1.82) is 0 Å². The van der Waals surface area contributed by atoms with Gasteiger partial charge in [-0.3, -0.25) is 4.68 Å². The topological polar surface area (TPSA) is 50.3 Å². The van der Waals surface area contributed by atoms with Crippen molar-refractivity contribution in [2.45, 2.75) is 45.7 Å². The SMILES string of the molecule is CCC(N)Cc1c(C)nn(C)c1N1CCN(C)C(C)C1. The molecule has 20 heavy (non-hydrogen) atoms. The summed E-state index contributed by atoms with van der Waals surface area (Å²) in [6.07, 6.45) is 1.93. The molecule has 0 aromatic carbocycles. The molecule has 0 aliphatic carbocycles. The van der Waals surface area contributed by atoms with Gasteiger partial charge < -0.3 is 15.5 Å². The highest BCUT2D eigenvalue weighted by Crippen LogP contribution is 2.26. The highest BCUT2D eigenvalue weighted by atomic mass is 15.4. The number of aryl methyl sites for hydroxylation is 2. The minimum absolute atomic E-state index is 0.224. The molecule has 5 nitrogen and oxygen atoms in total. The van der Waals surface area contributed by atoms with Crippen LogP contribution >= 0.6 is 0 Å². The molecule has 0 spiro atoms. The van der Waals surface area contributed by atoms with E-state index in [-0.39, 0.29) is 6.04 Å². The Hall–Kier alpha value is -1.07. The second kappa shape index (κ2) is 6.14. The lowest BCUT2D eigenvalue weighted by atomic mass is 10.0. The molecule has 1 aliphatic heterocycles. The summed E-state index contributed by atoms with van der Waals surface area (Å²) in [7, 11) is 4.25. The summed E-state index contributed by atoms with van der Waals surface area (Å²) in [5.74, 6) is 1.27. The summed E-state index contributed by atoms with van der Waals surface area (Å²) in [6.45, 7) is 9.75. The van der Waals surface area contributed by atoms with Crippen LogP contribution in [0.5, 0.6) is 0 Å². The molecule has 114 valence electrons. The zero-order valence-corrected chi connectivity index (χ0v) is 13.6. The van der Waals surface area contributed by atoms with Gasteiger partial charge in [0.15, 0.2) is 0 Å². The van der Waals surface area contributed by atoms with E-state index in [0.717, 1.165) is 38.2 Å². The van der Waals surface area contributed by atoms with Crippen molar-refractivity contribution in [1.82, 2.24) is 14.7 Å². The third kappa shape index (κ3) is 2.99. The Bertz CT molecular complexity index is 453. The van der Waals surface area contributed by atoms with Crippen LogP contribution in [0.2, 0.25) is 0 Å². The standard InChI is InChI=1S/C15H29N5/c1-6-13(16)9-14-12(3)17-19(5)15(14)20-8-7-18(4)11(2)10-20/h11,13H,6-10,16H2,1-5H3. The van der Waals surface area contributed by atoms with Crippen LogP contribution in [0.25, 0.3) is 0 Å². The fourth-order valence-electron chi connectivity index (χ4n) is 2.97. The number of anilines is 1. The van der Waals surface area contributed by atoms with Crippen LogP contribution in [-0.4, -0.2) is 53.4 Å². The van der Waals surface area contributed by atoms with E-state index in [4.69, 9.17) is 5.73 Å². The number of rotatable bonds is 4. The van der Waals surface area contributed by atoms with Gasteiger partial charge in [0.25, 0.3) is 0 Å². The van der Waals surface area contributed by atoms with Crippen molar-refractivity contribution in [3.05, 3.63) is 11.3 Å². The van der Waals surface area contributed by atoms with Gasteiger partial charge >= 0.3 is 0 Å². The van der Waals surface area contributed by atoms with E-state index < -0.39 is 0 Å². The fourth-order valence-corrected chi connectivity index (χ4v) is 2.97. The molecule has 2 rings (SSSR count). The van der Waals surface area contributed by atoms with E-state index in [0.29, 0.717) is 6.04 Å². The van der Waals surface area contributed by atoms with Gasteiger partial charge in [-0.15, -0.1) is 0 Å². The summed E-state index contributed by atoms with van der Waals surface area (Å²) in [4.78, 5) is 4.89. The summed E-state index contributed by atoms with van der Waals surface area (Å²) in [5.41, 5.74) is 8.62. The predicted molar refractivity (Wildman–Crippen MR) is 84.2 cm³/mol. The molecule has 1 aromatic heterocycles. The Morgan fingerprint density at radius 1 is 1.35 bits per heavy atom. The third-order valence-electron chi connectivity index (χ3n) is 4.56. The molecule has 0 saturated carbocycles. The van der Waals surface area contributed by atoms with E-state index in [9.17, 15) is 0 Å². The summed E-state index contributed by atoms with van der Waals surface area (Å²) < 4.78 is 2.03. The monoisotopic (exact) mass is 279 g/mol. The Labute approximate surface area is 122 Å². The second-order valence-corrected chi connectivity index (χ2v) is 6.16. The number of aromatic nitrogens is 2. The highest BCUT2D eigenvalue weighted by molar-refractivity contribution is 5.51. The first-order chi connectivity index (χ1) is 9.43. The molecule has 1 aromatic rings. The number of piperazine rings is 1. The lowest BCUT2D eigenvalue weighted by Crippen LogP contribution is -2.50. The molecular formula is C15H29N5. The molecule has 1 saturated heterocycles. The molecule has 2 atom stereocenters. The van der Waals surface area contributed by atoms with Crippen molar-refractivity contribution in [3.63, 3.8) is 0 Å².